The van der Waals surface area contributed by atoms with Gasteiger partial charge in [0.05, 0.1) is 5.41 Å². The first-order valence-corrected chi connectivity index (χ1v) is 7.35. The van der Waals surface area contributed by atoms with Crippen LogP contribution < -0.4 is 5.32 Å². The van der Waals surface area contributed by atoms with Gasteiger partial charge in [0.15, 0.2) is 0 Å². The van der Waals surface area contributed by atoms with Gasteiger partial charge in [0.2, 0.25) is 5.91 Å². The van der Waals surface area contributed by atoms with Crippen LogP contribution >= 0.6 is 11.6 Å². The summed E-state index contributed by atoms with van der Waals surface area (Å²) in [6.07, 6.45) is 0.801. The van der Waals surface area contributed by atoms with Gasteiger partial charge in [-0.3, -0.25) is 4.79 Å². The molecule has 0 saturated heterocycles. The van der Waals surface area contributed by atoms with Crippen LogP contribution in [0.5, 0.6) is 0 Å². The zero-order valence-electron chi connectivity index (χ0n) is 12.2. The average Bonchev–Trinajstić information content (AvgIpc) is 2.38. The maximum absolute atomic E-state index is 12.5. The molecule has 0 saturated carbocycles. The van der Waals surface area contributed by atoms with Crippen molar-refractivity contribution < 1.29 is 4.79 Å². The molecule has 1 unspecified atom stereocenters. The molecule has 0 spiro atoms. The summed E-state index contributed by atoms with van der Waals surface area (Å²) in [4.78, 5) is 12.5. The fourth-order valence-electron chi connectivity index (χ4n) is 2.02. The molecule has 1 aromatic rings. The molecule has 1 atom stereocenters. The summed E-state index contributed by atoms with van der Waals surface area (Å²) in [6, 6.07) is 10.00. The van der Waals surface area contributed by atoms with E-state index in [9.17, 15) is 4.79 Å². The minimum absolute atomic E-state index is 0.0579. The Labute approximate surface area is 121 Å². The van der Waals surface area contributed by atoms with Crippen LogP contribution in [0.1, 0.15) is 39.7 Å². The molecule has 1 amide bonds. The summed E-state index contributed by atoms with van der Waals surface area (Å²) in [5.74, 6) is 1.01. The van der Waals surface area contributed by atoms with Crippen molar-refractivity contribution in [2.24, 2.45) is 5.92 Å². The van der Waals surface area contributed by atoms with Crippen LogP contribution in [0.2, 0.25) is 0 Å². The predicted molar refractivity (Wildman–Crippen MR) is 81.6 cm³/mol. The van der Waals surface area contributed by atoms with Crippen LogP contribution in [0.15, 0.2) is 30.3 Å². The predicted octanol–water partition coefficient (Wildman–Crippen LogP) is 3.73. The van der Waals surface area contributed by atoms with E-state index in [1.807, 2.05) is 44.2 Å². The van der Waals surface area contributed by atoms with Gasteiger partial charge >= 0.3 is 0 Å². The number of carbonyl (C=O) groups excluding carboxylic acids is 1. The molecular formula is C16H24ClNO. The molecule has 0 fully saturated rings. The van der Waals surface area contributed by atoms with E-state index in [-0.39, 0.29) is 11.9 Å². The molecule has 0 aliphatic heterocycles. The van der Waals surface area contributed by atoms with Crippen LogP contribution in [-0.4, -0.2) is 17.8 Å². The van der Waals surface area contributed by atoms with Crippen LogP contribution in [0.4, 0.5) is 0 Å². The van der Waals surface area contributed by atoms with Crippen molar-refractivity contribution in [3.05, 3.63) is 35.9 Å². The van der Waals surface area contributed by atoms with E-state index in [0.29, 0.717) is 11.8 Å². The summed E-state index contributed by atoms with van der Waals surface area (Å²) < 4.78 is 0. The normalized spacial score (nSPS) is 13.4. The Morgan fingerprint density at radius 1 is 1.26 bits per heavy atom. The lowest BCUT2D eigenvalue weighted by Crippen LogP contribution is -2.47. The van der Waals surface area contributed by atoms with Gasteiger partial charge in [-0.05, 0) is 31.7 Å². The van der Waals surface area contributed by atoms with Gasteiger partial charge in [-0.15, -0.1) is 11.6 Å². The maximum atomic E-state index is 12.5. The number of rotatable bonds is 6. The number of halogens is 1. The van der Waals surface area contributed by atoms with E-state index in [1.54, 1.807) is 0 Å². The molecule has 106 valence electrons. The first-order chi connectivity index (χ1) is 8.89. The van der Waals surface area contributed by atoms with Crippen LogP contribution in [0, 0.1) is 5.92 Å². The maximum Gasteiger partial charge on any atom is 0.230 e. The third kappa shape index (κ3) is 4.24. The molecule has 19 heavy (non-hydrogen) atoms. The van der Waals surface area contributed by atoms with E-state index in [0.717, 1.165) is 12.0 Å². The second-order valence-corrected chi connectivity index (χ2v) is 6.17. The highest BCUT2D eigenvalue weighted by Crippen LogP contribution is 2.23. The van der Waals surface area contributed by atoms with E-state index in [4.69, 9.17) is 11.6 Å². The summed E-state index contributed by atoms with van der Waals surface area (Å²) in [7, 11) is 0. The molecule has 0 radical (unpaired) electrons. The Hall–Kier alpha value is -1.02. The Kier molecular flexibility index (Phi) is 5.86. The molecule has 1 rings (SSSR count). The second-order valence-electron chi connectivity index (χ2n) is 5.79. The molecule has 0 aromatic heterocycles. The molecule has 0 heterocycles. The van der Waals surface area contributed by atoms with Crippen molar-refractivity contribution in [1.29, 1.82) is 0 Å². The van der Waals surface area contributed by atoms with Gasteiger partial charge in [0.25, 0.3) is 0 Å². The largest absolute Gasteiger partial charge is 0.352 e. The van der Waals surface area contributed by atoms with Gasteiger partial charge in [-0.25, -0.2) is 0 Å². The van der Waals surface area contributed by atoms with E-state index in [1.165, 1.54) is 0 Å². The zero-order valence-corrected chi connectivity index (χ0v) is 13.0. The van der Waals surface area contributed by atoms with Crippen molar-refractivity contribution >= 4 is 17.5 Å². The molecule has 2 nitrogen and oxygen atoms in total. The monoisotopic (exact) mass is 281 g/mol. The highest BCUT2D eigenvalue weighted by atomic mass is 35.5. The lowest BCUT2D eigenvalue weighted by Gasteiger charge is -2.29. The molecule has 3 heteroatoms. The number of carbonyl (C=O) groups is 1. The summed E-state index contributed by atoms with van der Waals surface area (Å²) in [5.41, 5.74) is 0.502. The minimum atomic E-state index is -0.527. The van der Waals surface area contributed by atoms with Crippen molar-refractivity contribution in [2.45, 2.75) is 45.6 Å². The van der Waals surface area contributed by atoms with Gasteiger partial charge < -0.3 is 5.32 Å². The van der Waals surface area contributed by atoms with Crippen molar-refractivity contribution in [2.75, 3.05) is 5.88 Å². The number of amides is 1. The van der Waals surface area contributed by atoms with E-state index >= 15 is 0 Å². The standard InChI is InChI=1S/C16H24ClNO/c1-12(2)14(10-11-17)18-15(19)16(3,4)13-8-6-5-7-9-13/h5-9,12,14H,10-11H2,1-4H3,(H,18,19). The Balaban J connectivity index is 2.81. The van der Waals surface area contributed by atoms with Crippen LogP contribution in [0.3, 0.4) is 0 Å². The number of nitrogens with one attached hydrogen (secondary N) is 1. The molecule has 0 aliphatic rings. The van der Waals surface area contributed by atoms with Crippen LogP contribution in [-0.2, 0) is 10.2 Å². The summed E-state index contributed by atoms with van der Waals surface area (Å²) in [6.45, 7) is 8.12. The third-order valence-corrected chi connectivity index (χ3v) is 3.82. The Morgan fingerprint density at radius 3 is 2.32 bits per heavy atom. The van der Waals surface area contributed by atoms with Crippen molar-refractivity contribution in [3.63, 3.8) is 0 Å². The molecule has 1 aromatic carbocycles. The number of alkyl halides is 1. The lowest BCUT2D eigenvalue weighted by molar-refractivity contribution is -0.126. The topological polar surface area (TPSA) is 29.1 Å². The highest BCUT2D eigenvalue weighted by molar-refractivity contribution is 6.17. The van der Waals surface area contributed by atoms with Gasteiger partial charge in [-0.1, -0.05) is 44.2 Å². The quantitative estimate of drug-likeness (QED) is 0.791. The fraction of sp³-hybridized carbons (Fsp3) is 0.562. The molecule has 0 bridgehead atoms. The summed E-state index contributed by atoms with van der Waals surface area (Å²) >= 11 is 5.80. The van der Waals surface area contributed by atoms with Crippen molar-refractivity contribution in [3.8, 4) is 0 Å². The Morgan fingerprint density at radius 2 is 1.84 bits per heavy atom. The van der Waals surface area contributed by atoms with E-state index in [2.05, 4.69) is 19.2 Å². The number of hydrogen-bond acceptors (Lipinski definition) is 1. The Bertz CT molecular complexity index is 400. The van der Waals surface area contributed by atoms with E-state index < -0.39 is 5.41 Å². The average molecular weight is 282 g/mol. The smallest absolute Gasteiger partial charge is 0.230 e. The van der Waals surface area contributed by atoms with Gasteiger partial charge in [0.1, 0.15) is 0 Å². The van der Waals surface area contributed by atoms with Crippen LogP contribution in [0.25, 0.3) is 0 Å². The first kappa shape index (κ1) is 16.0. The molecular weight excluding hydrogens is 258 g/mol. The fourth-order valence-corrected chi connectivity index (χ4v) is 2.26. The number of hydrogen-bond donors (Lipinski definition) is 1. The minimum Gasteiger partial charge on any atom is -0.352 e. The highest BCUT2D eigenvalue weighted by Gasteiger charge is 2.31. The first-order valence-electron chi connectivity index (χ1n) is 6.82. The second kappa shape index (κ2) is 6.95. The third-order valence-electron chi connectivity index (χ3n) is 3.60. The summed E-state index contributed by atoms with van der Waals surface area (Å²) in [5, 5.41) is 3.13. The zero-order chi connectivity index (χ0) is 14.5. The van der Waals surface area contributed by atoms with Gasteiger partial charge in [0, 0.05) is 11.9 Å². The SMILES string of the molecule is CC(C)C(CCCl)NC(=O)C(C)(C)c1ccccc1. The molecule has 0 aliphatic carbocycles. The van der Waals surface area contributed by atoms with Gasteiger partial charge in [-0.2, -0.15) is 0 Å². The number of benzene rings is 1. The molecule has 1 N–H and O–H groups in total. The lowest BCUT2D eigenvalue weighted by atomic mass is 9.83. The van der Waals surface area contributed by atoms with Crippen molar-refractivity contribution in [1.82, 2.24) is 5.32 Å².